The molecule has 1 heterocycles. The molecule has 1 aromatic heterocycles. The molecule has 0 saturated carbocycles. The van der Waals surface area contributed by atoms with Gasteiger partial charge < -0.3 is 0 Å². The molecule has 1 rings (SSSR count). The fourth-order valence-electron chi connectivity index (χ4n) is 0.954. The zero-order valence-electron chi connectivity index (χ0n) is 7.62. The minimum absolute atomic E-state index is 0.0266. The van der Waals surface area contributed by atoms with Crippen LogP contribution in [0.2, 0.25) is 10.2 Å². The monoisotopic (exact) mass is 234 g/mol. The van der Waals surface area contributed by atoms with Gasteiger partial charge in [-0.3, -0.25) is 10.1 Å². The fraction of sp³-hybridized carbons (Fsp3) is 0.375. The van der Waals surface area contributed by atoms with Crippen LogP contribution < -0.4 is 0 Å². The normalized spacial score (nSPS) is 10.6. The molecule has 76 valence electrons. The van der Waals surface area contributed by atoms with Crippen LogP contribution in [-0.4, -0.2) is 9.91 Å². The third kappa shape index (κ3) is 2.13. The van der Waals surface area contributed by atoms with Crippen molar-refractivity contribution in [3.05, 3.63) is 32.1 Å². The van der Waals surface area contributed by atoms with E-state index in [1.165, 1.54) is 6.07 Å². The van der Waals surface area contributed by atoms with Crippen molar-refractivity contribution in [3.8, 4) is 0 Å². The first-order valence-electron chi connectivity index (χ1n) is 3.93. The molecule has 0 spiro atoms. The Morgan fingerprint density at radius 3 is 2.43 bits per heavy atom. The third-order valence-electron chi connectivity index (χ3n) is 1.70. The van der Waals surface area contributed by atoms with E-state index in [1.54, 1.807) is 0 Å². The molecule has 14 heavy (non-hydrogen) atoms. The van der Waals surface area contributed by atoms with Crippen LogP contribution in [0.5, 0.6) is 0 Å². The summed E-state index contributed by atoms with van der Waals surface area (Å²) in [6.07, 6.45) is 0. The Labute approximate surface area is 91.0 Å². The van der Waals surface area contributed by atoms with Gasteiger partial charge in [0.15, 0.2) is 0 Å². The molecule has 0 fully saturated rings. The van der Waals surface area contributed by atoms with E-state index in [4.69, 9.17) is 23.2 Å². The Morgan fingerprint density at radius 1 is 1.50 bits per heavy atom. The summed E-state index contributed by atoms with van der Waals surface area (Å²) in [4.78, 5) is 13.8. The Bertz CT molecular complexity index is 357. The standard InChI is InChI=1S/C8H8Cl2N2O2/c1-4(2)6-3-5(9)7(12(13)14)8(10)11-6/h3-4H,1-2H3. The summed E-state index contributed by atoms with van der Waals surface area (Å²) < 4.78 is 0. The molecule has 0 atom stereocenters. The van der Waals surface area contributed by atoms with Crippen molar-refractivity contribution in [2.45, 2.75) is 19.8 Å². The number of pyridine rings is 1. The van der Waals surface area contributed by atoms with E-state index < -0.39 is 4.92 Å². The van der Waals surface area contributed by atoms with Crippen LogP contribution in [0.25, 0.3) is 0 Å². The van der Waals surface area contributed by atoms with Gasteiger partial charge in [0.05, 0.1) is 4.92 Å². The molecule has 0 saturated heterocycles. The Morgan fingerprint density at radius 2 is 2.07 bits per heavy atom. The summed E-state index contributed by atoms with van der Waals surface area (Å²) in [6.45, 7) is 3.81. The second kappa shape index (κ2) is 4.11. The van der Waals surface area contributed by atoms with E-state index in [1.807, 2.05) is 13.8 Å². The van der Waals surface area contributed by atoms with Crippen LogP contribution in [0.4, 0.5) is 5.69 Å². The highest BCUT2D eigenvalue weighted by Crippen LogP contribution is 2.32. The quantitative estimate of drug-likeness (QED) is 0.448. The van der Waals surface area contributed by atoms with Gasteiger partial charge in [-0.25, -0.2) is 4.98 Å². The number of halogens is 2. The zero-order chi connectivity index (χ0) is 10.9. The number of rotatable bonds is 2. The SMILES string of the molecule is CC(C)c1cc(Cl)c([N+](=O)[O-])c(Cl)n1. The molecule has 0 aromatic carbocycles. The van der Waals surface area contributed by atoms with Crippen molar-refractivity contribution in [1.82, 2.24) is 4.98 Å². The average Bonchev–Trinajstić information content (AvgIpc) is 2.01. The van der Waals surface area contributed by atoms with Gasteiger partial charge >= 0.3 is 5.69 Å². The lowest BCUT2D eigenvalue weighted by Gasteiger charge is -2.05. The van der Waals surface area contributed by atoms with Crippen molar-refractivity contribution >= 4 is 28.9 Å². The summed E-state index contributed by atoms with van der Waals surface area (Å²) in [5, 5.41) is 10.4. The van der Waals surface area contributed by atoms with Crippen molar-refractivity contribution in [2.24, 2.45) is 0 Å². The van der Waals surface area contributed by atoms with Gasteiger partial charge in [0.1, 0.15) is 5.02 Å². The highest BCUT2D eigenvalue weighted by atomic mass is 35.5. The van der Waals surface area contributed by atoms with Gasteiger partial charge in [-0.2, -0.15) is 0 Å². The van der Waals surface area contributed by atoms with Crippen molar-refractivity contribution in [1.29, 1.82) is 0 Å². The Hall–Kier alpha value is -0.870. The van der Waals surface area contributed by atoms with Crippen LogP contribution >= 0.6 is 23.2 Å². The van der Waals surface area contributed by atoms with Crippen LogP contribution in [0.1, 0.15) is 25.5 Å². The summed E-state index contributed by atoms with van der Waals surface area (Å²) in [5.41, 5.74) is 0.309. The van der Waals surface area contributed by atoms with Gasteiger partial charge in [0, 0.05) is 5.69 Å². The molecule has 0 aliphatic rings. The summed E-state index contributed by atoms with van der Waals surface area (Å²) in [7, 11) is 0. The van der Waals surface area contributed by atoms with Crippen LogP contribution in [-0.2, 0) is 0 Å². The average molecular weight is 235 g/mol. The Kier molecular flexibility index (Phi) is 3.29. The maximum absolute atomic E-state index is 10.5. The molecule has 0 bridgehead atoms. The number of hydrogen-bond acceptors (Lipinski definition) is 3. The lowest BCUT2D eigenvalue weighted by molar-refractivity contribution is -0.384. The lowest BCUT2D eigenvalue weighted by atomic mass is 10.1. The van der Waals surface area contributed by atoms with Gasteiger partial charge in [-0.15, -0.1) is 0 Å². The molecule has 0 unspecified atom stereocenters. The molecular weight excluding hydrogens is 227 g/mol. The Balaban J connectivity index is 3.32. The van der Waals surface area contributed by atoms with E-state index in [0.717, 1.165) is 0 Å². The highest BCUT2D eigenvalue weighted by molar-refractivity contribution is 6.37. The predicted molar refractivity (Wildman–Crippen MR) is 55.0 cm³/mol. The first kappa shape index (κ1) is 11.2. The van der Waals surface area contributed by atoms with Crippen LogP contribution in [0, 0.1) is 10.1 Å². The first-order valence-corrected chi connectivity index (χ1v) is 4.69. The molecule has 0 amide bonds. The molecule has 6 heteroatoms. The maximum Gasteiger partial charge on any atom is 0.324 e. The van der Waals surface area contributed by atoms with Gasteiger partial charge in [-0.1, -0.05) is 37.0 Å². The molecular formula is C8H8Cl2N2O2. The molecule has 0 aliphatic carbocycles. The number of hydrogen-bond donors (Lipinski definition) is 0. The second-order valence-electron chi connectivity index (χ2n) is 3.08. The van der Waals surface area contributed by atoms with Crippen molar-refractivity contribution < 1.29 is 4.92 Å². The minimum Gasteiger partial charge on any atom is -0.258 e. The highest BCUT2D eigenvalue weighted by Gasteiger charge is 2.20. The van der Waals surface area contributed by atoms with Crippen LogP contribution in [0.3, 0.4) is 0 Å². The molecule has 0 radical (unpaired) electrons. The number of nitrogens with zero attached hydrogens (tertiary/aromatic N) is 2. The molecule has 4 nitrogen and oxygen atoms in total. The molecule has 1 aromatic rings. The summed E-state index contributed by atoms with van der Waals surface area (Å²) in [6, 6.07) is 1.47. The van der Waals surface area contributed by atoms with Gasteiger partial charge in [-0.05, 0) is 12.0 Å². The zero-order valence-corrected chi connectivity index (χ0v) is 9.13. The topological polar surface area (TPSA) is 56.0 Å². The lowest BCUT2D eigenvalue weighted by Crippen LogP contribution is -1.98. The van der Waals surface area contributed by atoms with E-state index in [9.17, 15) is 10.1 Å². The van der Waals surface area contributed by atoms with Crippen LogP contribution in [0.15, 0.2) is 6.07 Å². The predicted octanol–water partition coefficient (Wildman–Crippen LogP) is 3.42. The van der Waals surface area contributed by atoms with E-state index in [2.05, 4.69) is 4.98 Å². The largest absolute Gasteiger partial charge is 0.324 e. The van der Waals surface area contributed by atoms with E-state index in [-0.39, 0.29) is 21.8 Å². The van der Waals surface area contributed by atoms with Crippen molar-refractivity contribution in [2.75, 3.05) is 0 Å². The van der Waals surface area contributed by atoms with E-state index >= 15 is 0 Å². The third-order valence-corrected chi connectivity index (χ3v) is 2.25. The number of nitro groups is 1. The fourth-order valence-corrected chi connectivity index (χ4v) is 1.54. The molecule has 0 aliphatic heterocycles. The summed E-state index contributed by atoms with van der Waals surface area (Å²) >= 11 is 11.3. The summed E-state index contributed by atoms with van der Waals surface area (Å²) in [5.74, 6) is 0.130. The maximum atomic E-state index is 10.5. The second-order valence-corrected chi connectivity index (χ2v) is 3.85. The number of aromatic nitrogens is 1. The smallest absolute Gasteiger partial charge is 0.258 e. The van der Waals surface area contributed by atoms with Gasteiger partial charge in [0.25, 0.3) is 0 Å². The van der Waals surface area contributed by atoms with E-state index in [0.29, 0.717) is 5.69 Å². The van der Waals surface area contributed by atoms with Crippen molar-refractivity contribution in [3.63, 3.8) is 0 Å². The van der Waals surface area contributed by atoms with Gasteiger partial charge in [0.2, 0.25) is 5.15 Å². The minimum atomic E-state index is -0.637. The first-order chi connectivity index (χ1) is 6.43. The molecule has 0 N–H and O–H groups in total.